The van der Waals surface area contributed by atoms with E-state index in [0.717, 1.165) is 30.9 Å². The van der Waals surface area contributed by atoms with Crippen LogP contribution in [0.15, 0.2) is 18.3 Å². The second-order valence-electron chi connectivity index (χ2n) is 6.40. The Morgan fingerprint density at radius 2 is 2.30 bits per heavy atom. The second kappa shape index (κ2) is 6.17. The summed E-state index contributed by atoms with van der Waals surface area (Å²) in [5.74, 6) is 0.251. The summed E-state index contributed by atoms with van der Waals surface area (Å²) >= 11 is 1.82. The van der Waals surface area contributed by atoms with Gasteiger partial charge >= 0.3 is 0 Å². The van der Waals surface area contributed by atoms with Crippen LogP contribution in [0, 0.1) is 12.7 Å². The Labute approximate surface area is 139 Å². The van der Waals surface area contributed by atoms with Gasteiger partial charge in [0.25, 0.3) is 0 Å². The quantitative estimate of drug-likeness (QED) is 0.937. The summed E-state index contributed by atoms with van der Waals surface area (Å²) in [5.41, 5.74) is 1.28. The van der Waals surface area contributed by atoms with E-state index in [0.29, 0.717) is 17.9 Å². The summed E-state index contributed by atoms with van der Waals surface area (Å²) < 4.78 is 13.9. The number of hydrogen-bond acceptors (Lipinski definition) is 5. The lowest BCUT2D eigenvalue weighted by molar-refractivity contribution is 0.413. The minimum Gasteiger partial charge on any atom is -0.353 e. The van der Waals surface area contributed by atoms with E-state index in [1.54, 1.807) is 12.3 Å². The first-order valence-electron chi connectivity index (χ1n) is 8.28. The molecule has 2 aromatic rings. The van der Waals surface area contributed by atoms with Gasteiger partial charge in [-0.3, -0.25) is 0 Å². The van der Waals surface area contributed by atoms with Crippen LogP contribution in [0.3, 0.4) is 0 Å². The smallest absolute Gasteiger partial charge is 0.165 e. The molecule has 0 aromatic carbocycles. The van der Waals surface area contributed by atoms with E-state index in [1.165, 1.54) is 29.5 Å². The fraction of sp³-hybridized carbons (Fsp3) is 0.529. The Balaban J connectivity index is 1.44. The number of hydrogen-bond donors (Lipinski definition) is 1. The zero-order valence-electron chi connectivity index (χ0n) is 13.3. The zero-order valence-corrected chi connectivity index (χ0v) is 14.1. The largest absolute Gasteiger partial charge is 0.353 e. The molecule has 4 rings (SSSR count). The summed E-state index contributed by atoms with van der Waals surface area (Å²) in [5, 5.41) is 4.94. The van der Waals surface area contributed by atoms with E-state index in [9.17, 15) is 4.39 Å². The number of anilines is 1. The zero-order chi connectivity index (χ0) is 15.8. The van der Waals surface area contributed by atoms with Crippen molar-refractivity contribution in [2.75, 3.05) is 18.0 Å². The van der Waals surface area contributed by atoms with Gasteiger partial charge in [-0.1, -0.05) is 0 Å². The van der Waals surface area contributed by atoms with Crippen LogP contribution in [0.2, 0.25) is 0 Å². The normalized spacial score (nSPS) is 24.0. The molecule has 0 radical (unpaired) electrons. The third-order valence-electron chi connectivity index (χ3n) is 4.72. The van der Waals surface area contributed by atoms with E-state index < -0.39 is 0 Å². The number of fused-ring (bicyclic) bond motifs is 1. The lowest BCUT2D eigenvalue weighted by atomic mass is 9.97. The molecule has 1 N–H and O–H groups in total. The molecular weight excluding hydrogens is 311 g/mol. The molecule has 0 bridgehead atoms. The standard InChI is InChI=1S/C17H21FN4S/c1-11-20-14-5-2-6-15(16(14)23-11)21-12-7-9-22(10-12)17-13(18)4-3-8-19-17/h3-4,8,12,15,21H,2,5-7,9-10H2,1H3/t12-,15-/m1/s1. The first-order chi connectivity index (χ1) is 11.2. The molecule has 1 saturated heterocycles. The summed E-state index contributed by atoms with van der Waals surface area (Å²) in [7, 11) is 0. The van der Waals surface area contributed by atoms with Gasteiger partial charge in [-0.25, -0.2) is 14.4 Å². The molecular formula is C17H21FN4S. The fourth-order valence-corrected chi connectivity index (χ4v) is 4.75. The van der Waals surface area contributed by atoms with Gasteiger partial charge in [0.05, 0.1) is 10.7 Å². The van der Waals surface area contributed by atoms with Crippen molar-refractivity contribution in [3.8, 4) is 0 Å². The summed E-state index contributed by atoms with van der Waals surface area (Å²) in [6.45, 7) is 3.76. The maximum absolute atomic E-state index is 13.9. The highest BCUT2D eigenvalue weighted by Crippen LogP contribution is 2.35. The predicted molar refractivity (Wildman–Crippen MR) is 90.5 cm³/mol. The van der Waals surface area contributed by atoms with Crippen molar-refractivity contribution in [3.63, 3.8) is 0 Å². The Morgan fingerprint density at radius 1 is 1.39 bits per heavy atom. The van der Waals surface area contributed by atoms with Crippen LogP contribution in [0.25, 0.3) is 0 Å². The van der Waals surface area contributed by atoms with Gasteiger partial charge in [-0.2, -0.15) is 0 Å². The first-order valence-corrected chi connectivity index (χ1v) is 9.10. The number of nitrogens with zero attached hydrogens (tertiary/aromatic N) is 3. The molecule has 2 atom stereocenters. The SMILES string of the molecule is Cc1nc2c(s1)[C@H](N[C@@H]1CCN(c3ncccc3F)C1)CCC2. The van der Waals surface area contributed by atoms with Crippen LogP contribution >= 0.6 is 11.3 Å². The van der Waals surface area contributed by atoms with Crippen LogP contribution in [-0.4, -0.2) is 29.1 Å². The van der Waals surface area contributed by atoms with Crippen molar-refractivity contribution in [2.24, 2.45) is 0 Å². The Kier molecular flexibility index (Phi) is 4.03. The van der Waals surface area contributed by atoms with E-state index in [1.807, 2.05) is 11.3 Å². The average molecular weight is 332 g/mol. The minimum absolute atomic E-state index is 0.230. The molecule has 2 aliphatic rings. The van der Waals surface area contributed by atoms with Crippen molar-refractivity contribution in [2.45, 2.75) is 44.7 Å². The lowest BCUT2D eigenvalue weighted by Gasteiger charge is -2.26. The van der Waals surface area contributed by atoms with Gasteiger partial charge < -0.3 is 10.2 Å². The first kappa shape index (κ1) is 15.0. The molecule has 0 spiro atoms. The molecule has 1 aliphatic heterocycles. The van der Waals surface area contributed by atoms with Crippen molar-refractivity contribution < 1.29 is 4.39 Å². The summed E-state index contributed by atoms with van der Waals surface area (Å²) in [4.78, 5) is 12.3. The fourth-order valence-electron chi connectivity index (χ4n) is 3.68. The summed E-state index contributed by atoms with van der Waals surface area (Å²) in [6.07, 6.45) is 6.16. The van der Waals surface area contributed by atoms with Crippen LogP contribution in [0.5, 0.6) is 0 Å². The third-order valence-corrected chi connectivity index (χ3v) is 5.85. The van der Waals surface area contributed by atoms with Gasteiger partial charge in [-0.15, -0.1) is 11.3 Å². The van der Waals surface area contributed by atoms with E-state index in [-0.39, 0.29) is 5.82 Å². The molecule has 0 unspecified atom stereocenters. The average Bonchev–Trinajstić information content (AvgIpc) is 3.14. The van der Waals surface area contributed by atoms with Gasteiger partial charge in [0.2, 0.25) is 0 Å². The van der Waals surface area contributed by atoms with Crippen molar-refractivity contribution in [3.05, 3.63) is 39.7 Å². The number of rotatable bonds is 3. The molecule has 23 heavy (non-hydrogen) atoms. The van der Waals surface area contributed by atoms with Crippen LogP contribution in [-0.2, 0) is 6.42 Å². The van der Waals surface area contributed by atoms with Crippen molar-refractivity contribution in [1.29, 1.82) is 0 Å². The topological polar surface area (TPSA) is 41.1 Å². The number of aromatic nitrogens is 2. The van der Waals surface area contributed by atoms with Crippen LogP contribution in [0.4, 0.5) is 10.2 Å². The van der Waals surface area contributed by atoms with Gasteiger partial charge in [0, 0.05) is 36.2 Å². The van der Waals surface area contributed by atoms with Crippen molar-refractivity contribution >= 4 is 17.2 Å². The molecule has 0 saturated carbocycles. The number of halogens is 1. The third kappa shape index (κ3) is 2.97. The summed E-state index contributed by atoms with van der Waals surface area (Å²) in [6, 6.07) is 3.91. The highest BCUT2D eigenvalue weighted by molar-refractivity contribution is 7.11. The molecule has 4 nitrogen and oxygen atoms in total. The highest BCUT2D eigenvalue weighted by Gasteiger charge is 2.30. The van der Waals surface area contributed by atoms with Crippen molar-refractivity contribution in [1.82, 2.24) is 15.3 Å². The van der Waals surface area contributed by atoms with E-state index in [2.05, 4.69) is 27.1 Å². The van der Waals surface area contributed by atoms with Crippen LogP contribution in [0.1, 0.15) is 40.9 Å². The Hall–Kier alpha value is -1.53. The molecule has 1 aliphatic carbocycles. The minimum atomic E-state index is -0.230. The molecule has 6 heteroatoms. The molecule has 1 fully saturated rings. The van der Waals surface area contributed by atoms with Gasteiger partial charge in [-0.05, 0) is 44.7 Å². The number of pyridine rings is 1. The monoisotopic (exact) mass is 332 g/mol. The maximum atomic E-state index is 13.9. The second-order valence-corrected chi connectivity index (χ2v) is 7.63. The van der Waals surface area contributed by atoms with Crippen LogP contribution < -0.4 is 10.2 Å². The molecule has 122 valence electrons. The molecule has 3 heterocycles. The Bertz CT molecular complexity index is 702. The molecule has 2 aromatic heterocycles. The lowest BCUT2D eigenvalue weighted by Crippen LogP contribution is -2.36. The highest BCUT2D eigenvalue weighted by atomic mass is 32.1. The van der Waals surface area contributed by atoms with Gasteiger partial charge in [0.15, 0.2) is 11.6 Å². The predicted octanol–water partition coefficient (Wildman–Crippen LogP) is 3.23. The Morgan fingerprint density at radius 3 is 3.17 bits per heavy atom. The number of thiazole rings is 1. The van der Waals surface area contributed by atoms with E-state index >= 15 is 0 Å². The number of nitrogens with one attached hydrogen (secondary N) is 1. The molecule has 0 amide bonds. The van der Waals surface area contributed by atoms with E-state index in [4.69, 9.17) is 0 Å². The number of aryl methyl sites for hydroxylation is 2. The van der Waals surface area contributed by atoms with Gasteiger partial charge in [0.1, 0.15) is 0 Å². The maximum Gasteiger partial charge on any atom is 0.165 e.